The third-order valence-corrected chi connectivity index (χ3v) is 6.50. The lowest BCUT2D eigenvalue weighted by atomic mass is 10.1. The molecule has 0 aliphatic carbocycles. The van der Waals surface area contributed by atoms with Gasteiger partial charge in [0, 0.05) is 17.4 Å². The van der Waals surface area contributed by atoms with Gasteiger partial charge in [-0.15, -0.1) is 0 Å². The number of benzene rings is 4. The number of nitrogens with one attached hydrogen (secondary N) is 2. The maximum absolute atomic E-state index is 13.1. The summed E-state index contributed by atoms with van der Waals surface area (Å²) < 4.78 is 10.9. The molecule has 4 aromatic carbocycles. The summed E-state index contributed by atoms with van der Waals surface area (Å²) in [5.74, 6) is -2.67. The zero-order chi connectivity index (χ0) is 33.3. The van der Waals surface area contributed by atoms with Crippen LogP contribution >= 0.6 is 0 Å². The fourth-order valence-corrected chi connectivity index (χ4v) is 4.23. The van der Waals surface area contributed by atoms with Crippen molar-refractivity contribution in [2.45, 2.75) is 0 Å². The third kappa shape index (κ3) is 7.35. The van der Waals surface area contributed by atoms with E-state index >= 15 is 0 Å². The Hall–Kier alpha value is -7.22. The van der Waals surface area contributed by atoms with E-state index in [-0.39, 0.29) is 45.9 Å². The summed E-state index contributed by atoms with van der Waals surface area (Å²) in [7, 11) is 0. The Labute approximate surface area is 272 Å². The number of nitrogens with zero attached hydrogens (tertiary/aromatic N) is 6. The molecule has 6 aromatic rings. The summed E-state index contributed by atoms with van der Waals surface area (Å²) in [6.07, 6.45) is 4.13. The van der Waals surface area contributed by atoms with Crippen LogP contribution in [0.4, 0.5) is 17.6 Å². The van der Waals surface area contributed by atoms with Crippen molar-refractivity contribution < 1.29 is 29.3 Å². The Morgan fingerprint density at radius 1 is 0.729 bits per heavy atom. The van der Waals surface area contributed by atoms with Crippen LogP contribution in [0.1, 0.15) is 26.3 Å². The van der Waals surface area contributed by atoms with Gasteiger partial charge in [-0.05, 0) is 54.6 Å². The number of carbonyl (C=O) groups excluding carboxylic acids is 2. The molecular weight excluding hydrogens is 616 g/mol. The summed E-state index contributed by atoms with van der Waals surface area (Å²) in [4.78, 5) is 47.4. The van der Waals surface area contributed by atoms with Gasteiger partial charge in [-0.25, -0.2) is 25.0 Å². The van der Waals surface area contributed by atoms with Crippen LogP contribution in [-0.2, 0) is 0 Å². The molecule has 0 unspecified atom stereocenters. The number of phenols is 2. The van der Waals surface area contributed by atoms with Crippen LogP contribution in [0.15, 0.2) is 121 Å². The zero-order valence-electron chi connectivity index (χ0n) is 24.8. The molecule has 14 heteroatoms. The first kappa shape index (κ1) is 30.8. The lowest BCUT2D eigenvalue weighted by Crippen LogP contribution is -2.13. The van der Waals surface area contributed by atoms with Gasteiger partial charge in [0.25, 0.3) is 0 Å². The van der Waals surface area contributed by atoms with Crippen LogP contribution in [0.2, 0.25) is 0 Å². The number of phenolic OH excluding ortho intramolecular Hbond substituents is 2. The number of esters is 2. The summed E-state index contributed by atoms with van der Waals surface area (Å²) in [5.41, 5.74) is 3.49. The number of para-hydroxylation sites is 3. The van der Waals surface area contributed by atoms with Crippen molar-refractivity contribution in [1.29, 1.82) is 0 Å². The highest BCUT2D eigenvalue weighted by Gasteiger charge is 2.24. The van der Waals surface area contributed by atoms with Crippen molar-refractivity contribution in [3.05, 3.63) is 132 Å². The highest BCUT2D eigenvalue weighted by atomic mass is 16.5. The quantitative estimate of drug-likeness (QED) is 0.0647. The molecule has 0 spiro atoms. The summed E-state index contributed by atoms with van der Waals surface area (Å²) in [6.45, 7) is 0. The van der Waals surface area contributed by atoms with Crippen LogP contribution < -0.4 is 20.2 Å². The van der Waals surface area contributed by atoms with Gasteiger partial charge in [0.1, 0.15) is 34.6 Å². The minimum atomic E-state index is -0.997. The van der Waals surface area contributed by atoms with E-state index in [9.17, 15) is 19.8 Å². The second-order valence-electron chi connectivity index (χ2n) is 9.75. The molecule has 0 aliphatic rings. The highest BCUT2D eigenvalue weighted by molar-refractivity contribution is 6.00. The molecule has 2 aromatic heterocycles. The Morgan fingerprint density at radius 2 is 1.44 bits per heavy atom. The molecule has 0 amide bonds. The van der Waals surface area contributed by atoms with Gasteiger partial charge in [-0.1, -0.05) is 48.5 Å². The van der Waals surface area contributed by atoms with Gasteiger partial charge in [0.05, 0.1) is 6.21 Å². The first-order valence-corrected chi connectivity index (χ1v) is 14.2. The van der Waals surface area contributed by atoms with Crippen molar-refractivity contribution >= 4 is 35.7 Å². The molecule has 0 radical (unpaired) electrons. The number of aromatic hydroxyl groups is 2. The summed E-state index contributed by atoms with van der Waals surface area (Å²) >= 11 is 0. The van der Waals surface area contributed by atoms with Gasteiger partial charge in [-0.2, -0.15) is 20.1 Å². The minimum Gasteiger partial charge on any atom is -0.507 e. The normalized spacial score (nSPS) is 10.8. The van der Waals surface area contributed by atoms with Crippen molar-refractivity contribution in [1.82, 2.24) is 24.9 Å². The van der Waals surface area contributed by atoms with E-state index in [4.69, 9.17) is 9.47 Å². The third-order valence-electron chi connectivity index (χ3n) is 6.50. The van der Waals surface area contributed by atoms with Crippen molar-refractivity contribution in [2.24, 2.45) is 5.10 Å². The van der Waals surface area contributed by atoms with Crippen LogP contribution in [0.3, 0.4) is 0 Å². The average Bonchev–Trinajstić information content (AvgIpc) is 3.11. The summed E-state index contributed by atoms with van der Waals surface area (Å²) in [5, 5.41) is 28.6. The molecule has 48 heavy (non-hydrogen) atoms. The molecule has 4 N–H and O–H groups in total. The van der Waals surface area contributed by atoms with E-state index < -0.39 is 23.4 Å². The molecule has 0 fully saturated rings. The second-order valence-corrected chi connectivity index (χ2v) is 9.75. The number of hydrazone groups is 1. The zero-order valence-corrected chi connectivity index (χ0v) is 24.8. The number of hydrogen-bond acceptors (Lipinski definition) is 14. The largest absolute Gasteiger partial charge is 0.507 e. The van der Waals surface area contributed by atoms with E-state index in [0.717, 1.165) is 5.69 Å². The molecule has 0 atom stereocenters. The lowest BCUT2D eigenvalue weighted by Gasteiger charge is -2.13. The van der Waals surface area contributed by atoms with Crippen LogP contribution in [0, 0.1) is 0 Å². The number of ether oxygens (including phenoxy) is 2. The minimum absolute atomic E-state index is 0.0216. The molecule has 14 nitrogen and oxygen atoms in total. The first-order chi connectivity index (χ1) is 23.4. The number of aromatic nitrogens is 5. The van der Waals surface area contributed by atoms with E-state index in [0.29, 0.717) is 5.69 Å². The smallest absolute Gasteiger partial charge is 0.347 e. The lowest BCUT2D eigenvalue weighted by molar-refractivity contribution is 0.0704. The van der Waals surface area contributed by atoms with E-state index in [2.05, 4.69) is 40.8 Å². The van der Waals surface area contributed by atoms with Crippen LogP contribution in [-0.4, -0.2) is 53.3 Å². The fourth-order valence-electron chi connectivity index (χ4n) is 4.23. The SMILES string of the molecule is O=C(Oc1c(/C=N/Nc2nc(Nc3ccccc3)nc(-c3ccncn3)n2)ccc(C(=O)Oc2ccccc2)c1O)c1ccccc1O. The first-order valence-electron chi connectivity index (χ1n) is 14.2. The van der Waals surface area contributed by atoms with Crippen molar-refractivity contribution in [3.63, 3.8) is 0 Å². The molecule has 0 aliphatic heterocycles. The van der Waals surface area contributed by atoms with Crippen LogP contribution in [0.5, 0.6) is 23.0 Å². The Bertz CT molecular complexity index is 2100. The molecular formula is C34H24N8O6. The molecule has 0 saturated heterocycles. The molecule has 0 bridgehead atoms. The Kier molecular flexibility index (Phi) is 9.14. The van der Waals surface area contributed by atoms with Gasteiger partial charge in [-0.3, -0.25) is 0 Å². The predicted octanol–water partition coefficient (Wildman–Crippen LogP) is 5.37. The maximum atomic E-state index is 13.1. The molecule has 6 rings (SSSR count). The number of hydrogen-bond donors (Lipinski definition) is 4. The number of carbonyl (C=O) groups is 2. The Morgan fingerprint density at radius 3 is 2.19 bits per heavy atom. The molecule has 2 heterocycles. The fraction of sp³-hybridized carbons (Fsp3) is 0. The highest BCUT2D eigenvalue weighted by Crippen LogP contribution is 2.35. The van der Waals surface area contributed by atoms with Crippen molar-refractivity contribution in [3.8, 4) is 34.5 Å². The standard InChI is InChI=1S/C34H24N8O6/c43-27-14-8-7-13-24(27)31(45)48-29-21(15-16-25(28(29)44)32(46)47-23-11-5-2-6-12-23)19-37-42-34-40-30(26-17-18-35-20-36-26)39-33(41-34)38-22-9-3-1-4-10-22/h1-20,43-44H,(H2,38,39,40,41,42)/b37-19+. The average molecular weight is 641 g/mol. The van der Waals surface area contributed by atoms with E-state index in [1.54, 1.807) is 42.6 Å². The van der Waals surface area contributed by atoms with Crippen molar-refractivity contribution in [2.75, 3.05) is 10.7 Å². The maximum Gasteiger partial charge on any atom is 0.347 e. The van der Waals surface area contributed by atoms with Gasteiger partial charge >= 0.3 is 11.9 Å². The molecule has 236 valence electrons. The van der Waals surface area contributed by atoms with Gasteiger partial charge in [0.2, 0.25) is 11.9 Å². The Balaban J connectivity index is 1.32. The van der Waals surface area contributed by atoms with E-state index in [1.165, 1.54) is 48.9 Å². The van der Waals surface area contributed by atoms with Crippen LogP contribution in [0.25, 0.3) is 11.5 Å². The number of anilines is 3. The molecule has 0 saturated carbocycles. The van der Waals surface area contributed by atoms with Gasteiger partial charge in [0.15, 0.2) is 17.3 Å². The predicted molar refractivity (Wildman–Crippen MR) is 174 cm³/mol. The number of rotatable bonds is 10. The van der Waals surface area contributed by atoms with Gasteiger partial charge < -0.3 is 25.0 Å². The topological polar surface area (TPSA) is 194 Å². The second kappa shape index (κ2) is 14.3. The summed E-state index contributed by atoms with van der Waals surface area (Å²) in [6, 6.07) is 27.5. The monoisotopic (exact) mass is 640 g/mol. The van der Waals surface area contributed by atoms with E-state index in [1.807, 2.05) is 30.3 Å².